The summed E-state index contributed by atoms with van der Waals surface area (Å²) >= 11 is 0. The maximum atomic E-state index is 12.5. The van der Waals surface area contributed by atoms with Crippen LogP contribution < -0.4 is 0 Å². The largest absolute Gasteiger partial charge is 0.341 e. The molecule has 1 saturated heterocycles. The van der Waals surface area contributed by atoms with E-state index in [-0.39, 0.29) is 41.6 Å². The molecule has 4 amide bonds. The highest BCUT2D eigenvalue weighted by Crippen LogP contribution is 2.27. The van der Waals surface area contributed by atoms with Crippen molar-refractivity contribution < 1.29 is 24.1 Å². The molecule has 30 heavy (non-hydrogen) atoms. The molecule has 10 nitrogen and oxygen atoms in total. The van der Waals surface area contributed by atoms with E-state index < -0.39 is 16.7 Å². The number of carbonyl (C=O) groups is 4. The second-order valence-corrected chi connectivity index (χ2v) is 7.32. The summed E-state index contributed by atoms with van der Waals surface area (Å²) in [5.74, 6) is -1.07. The Balaban J connectivity index is 1.53. The molecule has 0 saturated carbocycles. The molecule has 1 aromatic carbocycles. The van der Waals surface area contributed by atoms with Crippen LogP contribution in [0.2, 0.25) is 0 Å². The molecule has 1 aromatic rings. The lowest BCUT2D eigenvalue weighted by Gasteiger charge is -2.22. The molecule has 0 N–H and O–H groups in total. The van der Waals surface area contributed by atoms with Crippen LogP contribution in [-0.4, -0.2) is 76.0 Å². The topological polar surface area (TPSA) is 121 Å². The van der Waals surface area contributed by atoms with Crippen molar-refractivity contribution in [1.82, 2.24) is 14.7 Å². The van der Waals surface area contributed by atoms with Crippen molar-refractivity contribution >= 4 is 29.3 Å². The summed E-state index contributed by atoms with van der Waals surface area (Å²) in [4.78, 5) is 64.1. The van der Waals surface area contributed by atoms with E-state index in [1.165, 1.54) is 12.1 Å². The molecule has 160 valence electrons. The summed E-state index contributed by atoms with van der Waals surface area (Å²) in [6.07, 6.45) is 1.64. The number of benzene rings is 1. The highest BCUT2D eigenvalue weighted by atomic mass is 16.6. The summed E-state index contributed by atoms with van der Waals surface area (Å²) in [5, 5.41) is 10.9. The van der Waals surface area contributed by atoms with Gasteiger partial charge in [-0.3, -0.25) is 34.2 Å². The van der Waals surface area contributed by atoms with Gasteiger partial charge in [0.05, 0.1) is 16.1 Å². The van der Waals surface area contributed by atoms with Gasteiger partial charge in [0.1, 0.15) is 0 Å². The lowest BCUT2D eigenvalue weighted by atomic mass is 10.1. The second kappa shape index (κ2) is 9.02. The van der Waals surface area contributed by atoms with E-state index in [2.05, 4.69) is 0 Å². The molecule has 3 rings (SSSR count). The number of non-ortho nitro benzene ring substituents is 1. The molecule has 2 aliphatic rings. The first-order valence-corrected chi connectivity index (χ1v) is 10.0. The van der Waals surface area contributed by atoms with Crippen molar-refractivity contribution in [2.45, 2.75) is 32.6 Å². The maximum Gasteiger partial charge on any atom is 0.270 e. The summed E-state index contributed by atoms with van der Waals surface area (Å²) in [6, 6.07) is 3.60. The van der Waals surface area contributed by atoms with Gasteiger partial charge in [-0.05, 0) is 18.9 Å². The first-order chi connectivity index (χ1) is 14.3. The minimum Gasteiger partial charge on any atom is -0.341 e. The van der Waals surface area contributed by atoms with Crippen LogP contribution >= 0.6 is 0 Å². The highest BCUT2D eigenvalue weighted by Gasteiger charge is 2.36. The van der Waals surface area contributed by atoms with Crippen molar-refractivity contribution in [2.24, 2.45) is 0 Å². The van der Waals surface area contributed by atoms with Crippen molar-refractivity contribution in [1.29, 1.82) is 0 Å². The second-order valence-electron chi connectivity index (χ2n) is 7.32. The monoisotopic (exact) mass is 416 g/mol. The van der Waals surface area contributed by atoms with Gasteiger partial charge in [-0.15, -0.1) is 0 Å². The van der Waals surface area contributed by atoms with Crippen LogP contribution in [0.25, 0.3) is 0 Å². The number of nitro groups is 1. The Morgan fingerprint density at radius 3 is 2.27 bits per heavy atom. The van der Waals surface area contributed by atoms with E-state index in [9.17, 15) is 29.3 Å². The van der Waals surface area contributed by atoms with Crippen LogP contribution in [0.3, 0.4) is 0 Å². The quantitative estimate of drug-likeness (QED) is 0.393. The van der Waals surface area contributed by atoms with E-state index >= 15 is 0 Å². The molecular weight excluding hydrogens is 392 g/mol. The average molecular weight is 416 g/mol. The number of nitro benzene ring substituents is 1. The third-order valence-corrected chi connectivity index (χ3v) is 5.44. The fourth-order valence-electron chi connectivity index (χ4n) is 3.78. The standard InChI is InChI=1S/C20H24N4O6/c1-2-17(25)21-8-4-9-22(12-11-21)18(26)5-3-10-23-19(27)15-7-6-14(24(29)30)13-16(15)20(23)28/h6-7,13H,2-5,8-12H2,1H3. The molecule has 2 aliphatic heterocycles. The number of imide groups is 1. The zero-order valence-electron chi connectivity index (χ0n) is 16.8. The number of hydrogen-bond acceptors (Lipinski definition) is 6. The molecule has 2 heterocycles. The Hall–Kier alpha value is -3.30. The SMILES string of the molecule is CCC(=O)N1CCCN(C(=O)CCCN2C(=O)c3ccc([N+](=O)[O-])cc3C2=O)CC1. The van der Waals surface area contributed by atoms with E-state index in [0.717, 1.165) is 11.0 Å². The Bertz CT molecular complexity index is 899. The summed E-state index contributed by atoms with van der Waals surface area (Å²) < 4.78 is 0. The normalized spacial score (nSPS) is 16.5. The third kappa shape index (κ3) is 4.32. The molecule has 0 bridgehead atoms. The number of nitrogens with zero attached hydrogens (tertiary/aromatic N) is 4. The van der Waals surface area contributed by atoms with Crippen LogP contribution in [0.5, 0.6) is 0 Å². The van der Waals surface area contributed by atoms with Crippen molar-refractivity contribution in [2.75, 3.05) is 32.7 Å². The predicted molar refractivity (Wildman–Crippen MR) is 106 cm³/mol. The van der Waals surface area contributed by atoms with Gasteiger partial charge in [0, 0.05) is 57.7 Å². The Morgan fingerprint density at radius 2 is 1.63 bits per heavy atom. The number of carbonyl (C=O) groups excluding carboxylic acids is 4. The van der Waals surface area contributed by atoms with Gasteiger partial charge in [-0.1, -0.05) is 6.92 Å². The lowest BCUT2D eigenvalue weighted by molar-refractivity contribution is -0.384. The van der Waals surface area contributed by atoms with Gasteiger partial charge in [-0.2, -0.15) is 0 Å². The van der Waals surface area contributed by atoms with Crippen LogP contribution in [0, 0.1) is 10.1 Å². The van der Waals surface area contributed by atoms with Crippen LogP contribution in [-0.2, 0) is 9.59 Å². The molecule has 0 radical (unpaired) electrons. The van der Waals surface area contributed by atoms with Crippen LogP contribution in [0.4, 0.5) is 5.69 Å². The molecule has 0 spiro atoms. The zero-order chi connectivity index (χ0) is 21.8. The third-order valence-electron chi connectivity index (χ3n) is 5.44. The molecule has 0 atom stereocenters. The minimum atomic E-state index is -0.615. The van der Waals surface area contributed by atoms with Gasteiger partial charge < -0.3 is 9.80 Å². The van der Waals surface area contributed by atoms with Crippen molar-refractivity contribution in [3.05, 3.63) is 39.4 Å². The number of rotatable bonds is 6. The fourth-order valence-corrected chi connectivity index (χ4v) is 3.78. The van der Waals surface area contributed by atoms with Gasteiger partial charge in [0.15, 0.2) is 0 Å². The smallest absolute Gasteiger partial charge is 0.270 e. The number of fused-ring (bicyclic) bond motifs is 1. The van der Waals surface area contributed by atoms with E-state index in [4.69, 9.17) is 0 Å². The Labute approximate surface area is 173 Å². The first-order valence-electron chi connectivity index (χ1n) is 10.0. The lowest BCUT2D eigenvalue weighted by Crippen LogP contribution is -2.37. The molecule has 0 aliphatic carbocycles. The molecule has 10 heteroatoms. The van der Waals surface area contributed by atoms with Crippen LogP contribution in [0.15, 0.2) is 18.2 Å². The number of hydrogen-bond donors (Lipinski definition) is 0. The fraction of sp³-hybridized carbons (Fsp3) is 0.500. The van der Waals surface area contributed by atoms with Crippen LogP contribution in [0.1, 0.15) is 53.3 Å². The van der Waals surface area contributed by atoms with Gasteiger partial charge in [-0.25, -0.2) is 0 Å². The highest BCUT2D eigenvalue weighted by molar-refractivity contribution is 6.21. The summed E-state index contributed by atoms with van der Waals surface area (Å²) in [6.45, 7) is 4.07. The first kappa shape index (κ1) is 21.4. The van der Waals surface area contributed by atoms with Crippen molar-refractivity contribution in [3.63, 3.8) is 0 Å². The van der Waals surface area contributed by atoms with Gasteiger partial charge in [0.25, 0.3) is 17.5 Å². The summed E-state index contributed by atoms with van der Waals surface area (Å²) in [7, 11) is 0. The zero-order valence-corrected chi connectivity index (χ0v) is 16.8. The molecule has 1 fully saturated rings. The average Bonchev–Trinajstić information content (AvgIpc) is 2.91. The maximum absolute atomic E-state index is 12.5. The molecule has 0 aromatic heterocycles. The number of amides is 4. The predicted octanol–water partition coefficient (Wildman–Crippen LogP) is 1.44. The van der Waals surface area contributed by atoms with Crippen molar-refractivity contribution in [3.8, 4) is 0 Å². The van der Waals surface area contributed by atoms with E-state index in [1.54, 1.807) is 9.80 Å². The van der Waals surface area contributed by atoms with Gasteiger partial charge >= 0.3 is 0 Å². The molecule has 0 unspecified atom stereocenters. The molecular formula is C20H24N4O6. The van der Waals surface area contributed by atoms with E-state index in [0.29, 0.717) is 45.4 Å². The Kier molecular flexibility index (Phi) is 6.43. The summed E-state index contributed by atoms with van der Waals surface area (Å²) in [5.41, 5.74) is -0.0810. The van der Waals surface area contributed by atoms with Gasteiger partial charge in [0.2, 0.25) is 11.8 Å². The van der Waals surface area contributed by atoms with E-state index in [1.807, 2.05) is 6.92 Å². The minimum absolute atomic E-state index is 0.0220. The Morgan fingerprint density at radius 1 is 1.00 bits per heavy atom.